The van der Waals surface area contributed by atoms with Crippen molar-refractivity contribution in [1.29, 1.82) is 0 Å². The molecule has 1 aliphatic carbocycles. The van der Waals surface area contributed by atoms with Gasteiger partial charge in [0.15, 0.2) is 0 Å². The Labute approximate surface area is 158 Å². The number of benzene rings is 1. The summed E-state index contributed by atoms with van der Waals surface area (Å²) in [7, 11) is 0. The number of piperidine rings is 1. The van der Waals surface area contributed by atoms with Gasteiger partial charge in [0.25, 0.3) is 0 Å². The van der Waals surface area contributed by atoms with E-state index >= 15 is 0 Å². The van der Waals surface area contributed by atoms with Crippen molar-refractivity contribution in [2.45, 2.75) is 42.9 Å². The van der Waals surface area contributed by atoms with Gasteiger partial charge in [-0.15, -0.1) is 0 Å². The van der Waals surface area contributed by atoms with Crippen LogP contribution in [-0.2, 0) is 14.9 Å². The second-order valence-electron chi connectivity index (χ2n) is 8.98. The van der Waals surface area contributed by atoms with Gasteiger partial charge in [0.2, 0.25) is 0 Å². The number of hydroxylamine groups is 3. The monoisotopic (exact) mass is 368 g/mol. The van der Waals surface area contributed by atoms with Crippen molar-refractivity contribution in [3.63, 3.8) is 0 Å². The number of hydrogen-bond acceptors (Lipinski definition) is 4. The van der Waals surface area contributed by atoms with E-state index in [0.717, 1.165) is 18.5 Å². The van der Waals surface area contributed by atoms with Gasteiger partial charge in [0, 0.05) is 30.5 Å². The molecule has 0 aromatic heterocycles. The molecule has 1 saturated carbocycles. The Balaban J connectivity index is 1.55. The Morgan fingerprint density at radius 3 is 3.11 bits per heavy atom. The minimum atomic E-state index is -0.814. The summed E-state index contributed by atoms with van der Waals surface area (Å²) in [5.41, 5.74) is 3.38. The summed E-state index contributed by atoms with van der Waals surface area (Å²) in [6.07, 6.45) is 3.49. The lowest BCUT2D eigenvalue weighted by Crippen LogP contribution is -2.68. The highest BCUT2D eigenvalue weighted by molar-refractivity contribution is 5.68. The molecule has 6 heteroatoms. The molecule has 0 unspecified atom stereocenters. The van der Waals surface area contributed by atoms with E-state index in [1.165, 1.54) is 11.1 Å². The predicted molar refractivity (Wildman–Crippen MR) is 99.0 cm³/mol. The van der Waals surface area contributed by atoms with Crippen LogP contribution in [0.1, 0.15) is 24.8 Å². The number of hydrogen-bond donors (Lipinski definition) is 2. The zero-order valence-corrected chi connectivity index (χ0v) is 15.1. The highest BCUT2D eigenvalue weighted by atomic mass is 16.6. The average molecular weight is 368 g/mol. The van der Waals surface area contributed by atoms with Crippen molar-refractivity contribution in [1.82, 2.24) is 0 Å². The first-order chi connectivity index (χ1) is 13.0. The SMILES string of the molecule is O=C(O)C[C@@H]1OCC=C2C[N@+]3([O-])CC[C@]45c6ccccc6N[C@H]4[C@H]1[C@H]2C[C@H]53. The van der Waals surface area contributed by atoms with Gasteiger partial charge in [-0.2, -0.15) is 0 Å². The molecule has 0 amide bonds. The largest absolute Gasteiger partial charge is 0.632 e. The maximum absolute atomic E-state index is 13.8. The molecule has 7 atom stereocenters. The van der Waals surface area contributed by atoms with Crippen LogP contribution in [0.4, 0.5) is 5.69 Å². The molecule has 2 N–H and O–H groups in total. The maximum atomic E-state index is 13.8. The molecular formula is C21H24N2O4. The zero-order valence-electron chi connectivity index (χ0n) is 15.1. The van der Waals surface area contributed by atoms with Gasteiger partial charge in [-0.25, -0.2) is 0 Å². The number of aliphatic carboxylic acids is 1. The van der Waals surface area contributed by atoms with E-state index in [0.29, 0.717) is 19.7 Å². The number of carboxylic acids is 1. The Morgan fingerprint density at radius 1 is 1.41 bits per heavy atom. The van der Waals surface area contributed by atoms with Crippen LogP contribution >= 0.6 is 0 Å². The van der Waals surface area contributed by atoms with Gasteiger partial charge in [-0.05, 0) is 23.1 Å². The zero-order chi connectivity index (χ0) is 18.4. The lowest BCUT2D eigenvalue weighted by Gasteiger charge is -2.60. The van der Waals surface area contributed by atoms with Crippen LogP contribution in [0.15, 0.2) is 35.9 Å². The van der Waals surface area contributed by atoms with Crippen molar-refractivity contribution < 1.29 is 19.3 Å². The van der Waals surface area contributed by atoms with Crippen LogP contribution in [0.3, 0.4) is 0 Å². The number of quaternary nitrogens is 1. The molecule has 1 aromatic rings. The van der Waals surface area contributed by atoms with Crippen LogP contribution in [0.2, 0.25) is 0 Å². The number of anilines is 1. The van der Waals surface area contributed by atoms with Crippen molar-refractivity contribution in [2.24, 2.45) is 11.8 Å². The molecule has 6 nitrogen and oxygen atoms in total. The van der Waals surface area contributed by atoms with Crippen LogP contribution in [0, 0.1) is 17.0 Å². The molecule has 1 spiro atoms. The lowest BCUT2D eigenvalue weighted by atomic mass is 9.54. The predicted octanol–water partition coefficient (Wildman–Crippen LogP) is 2.25. The number of nitrogens with one attached hydrogen (secondary N) is 1. The van der Waals surface area contributed by atoms with Gasteiger partial charge in [0.05, 0.1) is 31.1 Å². The Hall–Kier alpha value is -1.89. The average Bonchev–Trinajstić information content (AvgIpc) is 3.08. The molecule has 27 heavy (non-hydrogen) atoms. The first kappa shape index (κ1) is 16.1. The highest BCUT2D eigenvalue weighted by Gasteiger charge is 2.71. The van der Waals surface area contributed by atoms with Crippen molar-refractivity contribution in [3.05, 3.63) is 46.7 Å². The molecule has 2 bridgehead atoms. The van der Waals surface area contributed by atoms with Gasteiger partial charge >= 0.3 is 5.97 Å². The number of rotatable bonds is 2. The molecular weight excluding hydrogens is 344 g/mol. The Kier molecular flexibility index (Phi) is 3.06. The van der Waals surface area contributed by atoms with Gasteiger partial charge in [0.1, 0.15) is 12.6 Å². The number of nitrogens with zero attached hydrogens (tertiary/aromatic N) is 1. The Bertz CT molecular complexity index is 869. The van der Waals surface area contributed by atoms with E-state index in [9.17, 15) is 15.1 Å². The molecule has 1 aromatic carbocycles. The van der Waals surface area contributed by atoms with E-state index in [4.69, 9.17) is 4.74 Å². The quantitative estimate of drug-likeness (QED) is 0.475. The van der Waals surface area contributed by atoms with Crippen molar-refractivity contribution in [2.75, 3.05) is 25.0 Å². The number of para-hydroxylation sites is 1. The lowest BCUT2D eigenvalue weighted by molar-refractivity contribution is -0.896. The molecule has 2 saturated heterocycles. The van der Waals surface area contributed by atoms with E-state index < -0.39 is 5.97 Å². The smallest absolute Gasteiger partial charge is 0.305 e. The molecule has 4 aliphatic heterocycles. The third kappa shape index (κ3) is 1.88. The van der Waals surface area contributed by atoms with E-state index in [1.807, 2.05) is 6.07 Å². The van der Waals surface area contributed by atoms with Crippen molar-refractivity contribution >= 4 is 11.7 Å². The summed E-state index contributed by atoms with van der Waals surface area (Å²) in [4.78, 5) is 11.6. The first-order valence-electron chi connectivity index (χ1n) is 9.99. The van der Waals surface area contributed by atoms with Crippen LogP contribution < -0.4 is 5.32 Å². The standard InChI is InChI=1S/C21H24N2O4/c24-18(25)10-16-19-13-9-17-21(14-3-1-2-4-15(14)22-20(19)21)6-7-23(17,26)11-12(13)5-8-27-16/h1-5,13,16-17,19-20,22H,6-11H2,(H,24,25)/t13-,16-,17+,19-,20-,21+,23+/m0/s1. The van der Waals surface area contributed by atoms with E-state index in [-0.39, 0.29) is 46.5 Å². The van der Waals surface area contributed by atoms with E-state index in [2.05, 4.69) is 29.6 Å². The van der Waals surface area contributed by atoms with Gasteiger partial charge < -0.3 is 25.0 Å². The summed E-state index contributed by atoms with van der Waals surface area (Å²) < 4.78 is 5.95. The molecule has 4 heterocycles. The fourth-order valence-corrected chi connectivity index (χ4v) is 7.20. The number of carbonyl (C=O) groups is 1. The summed E-state index contributed by atoms with van der Waals surface area (Å²) >= 11 is 0. The molecule has 6 rings (SSSR count). The molecule has 3 fully saturated rings. The van der Waals surface area contributed by atoms with Gasteiger partial charge in [-0.3, -0.25) is 4.79 Å². The number of ether oxygens (including phenoxy) is 1. The fourth-order valence-electron chi connectivity index (χ4n) is 7.20. The van der Waals surface area contributed by atoms with Crippen LogP contribution in [0.5, 0.6) is 0 Å². The third-order valence-corrected chi connectivity index (χ3v) is 8.08. The first-order valence-corrected chi connectivity index (χ1v) is 9.99. The highest BCUT2D eigenvalue weighted by Crippen LogP contribution is 2.64. The van der Waals surface area contributed by atoms with Crippen molar-refractivity contribution in [3.8, 4) is 0 Å². The van der Waals surface area contributed by atoms with Crippen LogP contribution in [-0.4, -0.2) is 53.6 Å². The second-order valence-corrected chi connectivity index (χ2v) is 8.98. The third-order valence-electron chi connectivity index (χ3n) is 8.08. The normalized spacial score (nSPS) is 46.0. The molecule has 142 valence electrons. The minimum absolute atomic E-state index is 0.0228. The summed E-state index contributed by atoms with van der Waals surface area (Å²) in [5.74, 6) is -0.475. The fraction of sp³-hybridized carbons (Fsp3) is 0.571. The minimum Gasteiger partial charge on any atom is -0.632 e. The summed E-state index contributed by atoms with van der Waals surface area (Å²) in [5, 5.41) is 27.1. The number of fused-ring (bicyclic) bond motifs is 2. The molecule has 5 aliphatic rings. The maximum Gasteiger partial charge on any atom is 0.305 e. The van der Waals surface area contributed by atoms with Gasteiger partial charge in [-0.1, -0.05) is 24.3 Å². The van der Waals surface area contributed by atoms with E-state index in [1.54, 1.807) is 0 Å². The van der Waals surface area contributed by atoms with Crippen LogP contribution in [0.25, 0.3) is 0 Å². The molecule has 0 radical (unpaired) electrons. The summed E-state index contributed by atoms with van der Waals surface area (Å²) in [6.45, 7) is 1.61. The Morgan fingerprint density at radius 2 is 2.26 bits per heavy atom. The second kappa shape index (κ2) is 5.13. The number of carboxylic acid groups (broad SMARTS) is 1. The topological polar surface area (TPSA) is 81.6 Å². The summed E-state index contributed by atoms with van der Waals surface area (Å²) in [6, 6.07) is 8.50.